The molecule has 2 fully saturated rings. The van der Waals surface area contributed by atoms with Crippen LogP contribution in [0.15, 0.2) is 24.3 Å². The van der Waals surface area contributed by atoms with Gasteiger partial charge in [0.25, 0.3) is 0 Å². The van der Waals surface area contributed by atoms with Crippen molar-refractivity contribution in [3.63, 3.8) is 0 Å². The Morgan fingerprint density at radius 2 is 1.96 bits per heavy atom. The molecule has 6 heteroatoms. The summed E-state index contributed by atoms with van der Waals surface area (Å²) >= 11 is 0. The average molecular weight is 340 g/mol. The molecule has 0 saturated carbocycles. The van der Waals surface area contributed by atoms with Crippen molar-refractivity contribution in [1.82, 2.24) is 9.80 Å². The molecule has 1 atom stereocenters. The maximum absolute atomic E-state index is 12.8. The van der Waals surface area contributed by atoms with Crippen molar-refractivity contribution < 1.29 is 9.59 Å². The minimum atomic E-state index is -0.186. The van der Waals surface area contributed by atoms with E-state index in [-0.39, 0.29) is 17.7 Å². The Bertz CT molecular complexity index is 680. The predicted octanol–water partition coefficient (Wildman–Crippen LogP) is 1.47. The van der Waals surface area contributed by atoms with Gasteiger partial charge < -0.3 is 14.7 Å². The standard InChI is InChI=1S/C19H24N4O2/c1-2-21-14-16(12-18(21)24)19(25)23-9-3-8-22(10-11-23)17-6-4-15(13-20)5-7-17/h4-7,16H,2-3,8-12,14H2,1H3/t16-/m0/s1. The van der Waals surface area contributed by atoms with Gasteiger partial charge in [0.2, 0.25) is 11.8 Å². The summed E-state index contributed by atoms with van der Waals surface area (Å²) < 4.78 is 0. The Morgan fingerprint density at radius 3 is 2.60 bits per heavy atom. The smallest absolute Gasteiger partial charge is 0.228 e. The zero-order chi connectivity index (χ0) is 17.8. The van der Waals surface area contributed by atoms with E-state index >= 15 is 0 Å². The molecule has 2 amide bonds. The Balaban J connectivity index is 1.60. The van der Waals surface area contributed by atoms with Crippen LogP contribution in [0.5, 0.6) is 0 Å². The van der Waals surface area contributed by atoms with Gasteiger partial charge in [0, 0.05) is 51.4 Å². The van der Waals surface area contributed by atoms with Crippen molar-refractivity contribution in [2.75, 3.05) is 44.2 Å². The van der Waals surface area contributed by atoms with Gasteiger partial charge in [-0.05, 0) is 37.6 Å². The van der Waals surface area contributed by atoms with Gasteiger partial charge >= 0.3 is 0 Å². The topological polar surface area (TPSA) is 67.7 Å². The number of anilines is 1. The lowest BCUT2D eigenvalue weighted by molar-refractivity contribution is -0.135. The number of carbonyl (C=O) groups excluding carboxylic acids is 2. The summed E-state index contributed by atoms with van der Waals surface area (Å²) in [6.45, 7) is 6.26. The Morgan fingerprint density at radius 1 is 1.20 bits per heavy atom. The Labute approximate surface area is 148 Å². The molecular weight excluding hydrogens is 316 g/mol. The first-order chi connectivity index (χ1) is 12.1. The monoisotopic (exact) mass is 340 g/mol. The largest absolute Gasteiger partial charge is 0.370 e. The normalized spacial score (nSPS) is 21.2. The van der Waals surface area contributed by atoms with Crippen LogP contribution in [-0.2, 0) is 9.59 Å². The van der Waals surface area contributed by atoms with Crippen LogP contribution in [0, 0.1) is 17.2 Å². The van der Waals surface area contributed by atoms with Gasteiger partial charge in [0.1, 0.15) is 0 Å². The number of benzene rings is 1. The second kappa shape index (κ2) is 7.56. The molecule has 25 heavy (non-hydrogen) atoms. The minimum Gasteiger partial charge on any atom is -0.370 e. The summed E-state index contributed by atoms with van der Waals surface area (Å²) in [7, 11) is 0. The van der Waals surface area contributed by atoms with Gasteiger partial charge in [-0.3, -0.25) is 9.59 Å². The molecule has 0 aromatic heterocycles. The summed E-state index contributed by atoms with van der Waals surface area (Å²) in [4.78, 5) is 30.6. The molecule has 0 unspecified atom stereocenters. The number of rotatable bonds is 3. The highest BCUT2D eigenvalue weighted by atomic mass is 16.2. The molecule has 2 aliphatic rings. The van der Waals surface area contributed by atoms with Crippen molar-refractivity contribution in [3.05, 3.63) is 29.8 Å². The third kappa shape index (κ3) is 3.76. The molecule has 0 N–H and O–H groups in total. The molecular formula is C19H24N4O2. The van der Waals surface area contributed by atoms with Gasteiger partial charge in [-0.1, -0.05) is 0 Å². The SMILES string of the molecule is CCN1C[C@@H](C(=O)N2CCCN(c3ccc(C#N)cc3)CC2)CC1=O. The molecule has 0 bridgehead atoms. The lowest BCUT2D eigenvalue weighted by Gasteiger charge is -2.25. The maximum Gasteiger partial charge on any atom is 0.228 e. The lowest BCUT2D eigenvalue weighted by atomic mass is 10.1. The highest BCUT2D eigenvalue weighted by molar-refractivity contribution is 5.89. The molecule has 2 aliphatic heterocycles. The number of amides is 2. The fourth-order valence-corrected chi connectivity index (χ4v) is 3.64. The molecule has 132 valence electrons. The van der Waals surface area contributed by atoms with Crippen LogP contribution in [0.2, 0.25) is 0 Å². The summed E-state index contributed by atoms with van der Waals surface area (Å²) in [5.41, 5.74) is 1.74. The number of likely N-dealkylation sites (tertiary alicyclic amines) is 1. The second-order valence-corrected chi connectivity index (χ2v) is 6.66. The number of nitrogens with zero attached hydrogens (tertiary/aromatic N) is 4. The Kier molecular flexibility index (Phi) is 5.22. The van der Waals surface area contributed by atoms with Crippen LogP contribution in [0.3, 0.4) is 0 Å². The zero-order valence-corrected chi connectivity index (χ0v) is 14.6. The van der Waals surface area contributed by atoms with Crippen LogP contribution in [0.1, 0.15) is 25.3 Å². The molecule has 1 aromatic carbocycles. The van der Waals surface area contributed by atoms with E-state index in [2.05, 4.69) is 11.0 Å². The molecule has 3 rings (SSSR count). The van der Waals surface area contributed by atoms with Crippen molar-refractivity contribution >= 4 is 17.5 Å². The van der Waals surface area contributed by atoms with E-state index in [1.807, 2.05) is 36.1 Å². The second-order valence-electron chi connectivity index (χ2n) is 6.66. The van der Waals surface area contributed by atoms with E-state index in [4.69, 9.17) is 5.26 Å². The first-order valence-corrected chi connectivity index (χ1v) is 8.94. The van der Waals surface area contributed by atoms with Gasteiger partial charge in [-0.15, -0.1) is 0 Å². The van der Waals surface area contributed by atoms with Gasteiger partial charge in [-0.25, -0.2) is 0 Å². The van der Waals surface area contributed by atoms with Crippen LogP contribution in [0.4, 0.5) is 5.69 Å². The first kappa shape index (κ1) is 17.3. The third-order valence-corrected chi connectivity index (χ3v) is 5.11. The van der Waals surface area contributed by atoms with E-state index in [1.54, 1.807) is 4.90 Å². The summed E-state index contributed by atoms with van der Waals surface area (Å²) in [5, 5.41) is 8.90. The van der Waals surface area contributed by atoms with Crippen molar-refractivity contribution in [3.8, 4) is 6.07 Å². The maximum atomic E-state index is 12.8. The summed E-state index contributed by atoms with van der Waals surface area (Å²) in [5.74, 6) is 0.0229. The Hall–Kier alpha value is -2.55. The van der Waals surface area contributed by atoms with E-state index < -0.39 is 0 Å². The van der Waals surface area contributed by atoms with Gasteiger partial charge in [0.15, 0.2) is 0 Å². The highest BCUT2D eigenvalue weighted by Gasteiger charge is 2.36. The van der Waals surface area contributed by atoms with E-state index in [0.717, 1.165) is 31.7 Å². The quantitative estimate of drug-likeness (QED) is 0.835. The molecule has 1 aromatic rings. The fraction of sp³-hybridized carbons (Fsp3) is 0.526. The molecule has 6 nitrogen and oxygen atoms in total. The molecule has 0 spiro atoms. The lowest BCUT2D eigenvalue weighted by Crippen LogP contribution is -2.40. The van der Waals surface area contributed by atoms with E-state index in [9.17, 15) is 9.59 Å². The minimum absolute atomic E-state index is 0.0925. The zero-order valence-electron chi connectivity index (χ0n) is 14.6. The van der Waals surface area contributed by atoms with Crippen molar-refractivity contribution in [2.24, 2.45) is 5.92 Å². The predicted molar refractivity (Wildman–Crippen MR) is 94.9 cm³/mol. The van der Waals surface area contributed by atoms with Crippen molar-refractivity contribution in [1.29, 1.82) is 5.26 Å². The number of hydrogen-bond donors (Lipinski definition) is 0. The molecule has 0 radical (unpaired) electrons. The summed E-state index contributed by atoms with van der Waals surface area (Å²) in [6, 6.07) is 9.71. The number of hydrogen-bond acceptors (Lipinski definition) is 4. The number of carbonyl (C=O) groups is 2. The first-order valence-electron chi connectivity index (χ1n) is 8.94. The van der Waals surface area contributed by atoms with E-state index in [0.29, 0.717) is 31.6 Å². The van der Waals surface area contributed by atoms with Crippen LogP contribution in [-0.4, -0.2) is 60.9 Å². The molecule has 2 saturated heterocycles. The van der Waals surface area contributed by atoms with Crippen LogP contribution in [0.25, 0.3) is 0 Å². The fourth-order valence-electron chi connectivity index (χ4n) is 3.64. The third-order valence-electron chi connectivity index (χ3n) is 5.11. The molecule has 0 aliphatic carbocycles. The van der Waals surface area contributed by atoms with E-state index in [1.165, 1.54) is 0 Å². The van der Waals surface area contributed by atoms with Crippen LogP contribution >= 0.6 is 0 Å². The highest BCUT2D eigenvalue weighted by Crippen LogP contribution is 2.22. The number of nitriles is 1. The van der Waals surface area contributed by atoms with Gasteiger partial charge in [-0.2, -0.15) is 5.26 Å². The van der Waals surface area contributed by atoms with Crippen molar-refractivity contribution in [2.45, 2.75) is 19.8 Å². The van der Waals surface area contributed by atoms with Crippen LogP contribution < -0.4 is 4.90 Å². The van der Waals surface area contributed by atoms with Gasteiger partial charge in [0.05, 0.1) is 17.6 Å². The average Bonchev–Trinajstić information content (AvgIpc) is 2.86. The summed E-state index contributed by atoms with van der Waals surface area (Å²) in [6.07, 6.45) is 1.26. The molecule has 2 heterocycles.